The van der Waals surface area contributed by atoms with Crippen LogP contribution in [0.2, 0.25) is 5.02 Å². The molecule has 0 saturated heterocycles. The van der Waals surface area contributed by atoms with Crippen LogP contribution in [0, 0.1) is 6.92 Å². The molecule has 2 rings (SSSR count). The number of carbonyl (C=O) groups is 1. The minimum absolute atomic E-state index is 0.348. The third-order valence-corrected chi connectivity index (χ3v) is 5.30. The van der Waals surface area contributed by atoms with Crippen molar-refractivity contribution in [1.29, 1.82) is 0 Å². The zero-order chi connectivity index (χ0) is 14.7. The summed E-state index contributed by atoms with van der Waals surface area (Å²) < 4.78 is 5.85. The Labute approximate surface area is 135 Å². The number of nitrogens with one attached hydrogen (secondary N) is 1. The molecule has 0 saturated carbocycles. The number of halogens is 2. The molecular weight excluding hydrogens is 362 g/mol. The largest absolute Gasteiger partial charge is 0.467 e. The van der Waals surface area contributed by atoms with Crippen molar-refractivity contribution in [3.8, 4) is 0 Å². The highest BCUT2D eigenvalue weighted by Gasteiger charge is 2.24. The van der Waals surface area contributed by atoms with E-state index >= 15 is 0 Å². The maximum absolute atomic E-state index is 12.0. The molecule has 1 unspecified atom stereocenters. The van der Waals surface area contributed by atoms with Crippen LogP contribution in [0.15, 0.2) is 34.8 Å². The molecule has 0 fully saturated rings. The first-order chi connectivity index (χ1) is 9.52. The Kier molecular flexibility index (Phi) is 5.07. The molecule has 106 valence electrons. The lowest BCUT2D eigenvalue weighted by atomic mass is 10.2. The molecule has 3 nitrogen and oxygen atoms in total. The van der Waals surface area contributed by atoms with Gasteiger partial charge in [-0.3, -0.25) is 0 Å². The third kappa shape index (κ3) is 3.34. The smallest absolute Gasteiger partial charge is 0.333 e. The fraction of sp³-hybridized carbons (Fsp3) is 0.214. The van der Waals surface area contributed by atoms with Gasteiger partial charge >= 0.3 is 5.97 Å². The molecule has 20 heavy (non-hydrogen) atoms. The third-order valence-electron chi connectivity index (χ3n) is 2.77. The number of para-hydroxylation sites is 1. The summed E-state index contributed by atoms with van der Waals surface area (Å²) in [6.07, 6.45) is 0. The van der Waals surface area contributed by atoms with E-state index in [4.69, 9.17) is 16.3 Å². The van der Waals surface area contributed by atoms with Crippen LogP contribution in [-0.2, 0) is 9.53 Å². The topological polar surface area (TPSA) is 38.3 Å². The number of benzene rings is 1. The van der Waals surface area contributed by atoms with Crippen LogP contribution in [0.3, 0.4) is 0 Å². The zero-order valence-corrected chi connectivity index (χ0v) is 14.1. The molecular formula is C14H13BrClNO2S. The number of ether oxygens (including phenoxy) is 1. The van der Waals surface area contributed by atoms with Crippen molar-refractivity contribution >= 4 is 50.5 Å². The lowest BCUT2D eigenvalue weighted by Crippen LogP contribution is -2.21. The lowest BCUT2D eigenvalue weighted by Gasteiger charge is -2.17. The molecule has 0 aliphatic heterocycles. The number of aryl methyl sites for hydroxylation is 1. The predicted molar refractivity (Wildman–Crippen MR) is 86.6 cm³/mol. The number of thiophene rings is 1. The van der Waals surface area contributed by atoms with E-state index in [2.05, 4.69) is 21.2 Å². The van der Waals surface area contributed by atoms with Gasteiger partial charge in [0.1, 0.15) is 0 Å². The Bertz CT molecular complexity index is 610. The van der Waals surface area contributed by atoms with E-state index in [1.54, 1.807) is 6.07 Å². The molecule has 6 heteroatoms. The molecule has 1 aromatic heterocycles. The number of hydrogen-bond donors (Lipinski definition) is 1. The first-order valence-corrected chi connectivity index (χ1v) is 7.86. The average Bonchev–Trinajstić information content (AvgIpc) is 2.76. The summed E-state index contributed by atoms with van der Waals surface area (Å²) in [5, 5.41) is 3.70. The highest BCUT2D eigenvalue weighted by Crippen LogP contribution is 2.34. The molecule has 1 N–H and O–H groups in total. The molecule has 0 spiro atoms. The normalized spacial score (nSPS) is 12.0. The van der Waals surface area contributed by atoms with E-state index < -0.39 is 6.04 Å². The van der Waals surface area contributed by atoms with Gasteiger partial charge in [-0.1, -0.05) is 23.7 Å². The molecule has 0 radical (unpaired) electrons. The number of esters is 1. The van der Waals surface area contributed by atoms with Crippen molar-refractivity contribution < 1.29 is 9.53 Å². The van der Waals surface area contributed by atoms with E-state index in [1.165, 1.54) is 18.4 Å². The van der Waals surface area contributed by atoms with Gasteiger partial charge in [-0.25, -0.2) is 4.79 Å². The SMILES string of the molecule is COC(=O)C(Nc1ccccc1Cl)c1cc(Br)c(C)s1. The van der Waals surface area contributed by atoms with Crippen LogP contribution < -0.4 is 5.32 Å². The van der Waals surface area contributed by atoms with E-state index in [0.29, 0.717) is 10.7 Å². The second kappa shape index (κ2) is 6.61. The van der Waals surface area contributed by atoms with Gasteiger partial charge in [-0.05, 0) is 41.1 Å². The molecule has 1 atom stereocenters. The zero-order valence-electron chi connectivity index (χ0n) is 10.9. The van der Waals surface area contributed by atoms with Crippen LogP contribution in [0.1, 0.15) is 15.8 Å². The van der Waals surface area contributed by atoms with Gasteiger partial charge in [0.05, 0.1) is 17.8 Å². The van der Waals surface area contributed by atoms with Gasteiger partial charge in [0.2, 0.25) is 0 Å². The summed E-state index contributed by atoms with van der Waals surface area (Å²) in [6.45, 7) is 1.99. The predicted octanol–water partition coefficient (Wildman–Crippen LogP) is 4.80. The van der Waals surface area contributed by atoms with Crippen molar-refractivity contribution in [3.05, 3.63) is 49.6 Å². The van der Waals surface area contributed by atoms with Crippen LogP contribution >= 0.6 is 38.9 Å². The maximum Gasteiger partial charge on any atom is 0.333 e. The number of anilines is 1. The van der Waals surface area contributed by atoms with E-state index in [9.17, 15) is 4.79 Å². The van der Waals surface area contributed by atoms with Crippen LogP contribution in [0.4, 0.5) is 5.69 Å². The summed E-state index contributed by atoms with van der Waals surface area (Å²) in [5.41, 5.74) is 0.701. The molecule has 0 amide bonds. The quantitative estimate of drug-likeness (QED) is 0.781. The average molecular weight is 375 g/mol. The second-order valence-electron chi connectivity index (χ2n) is 4.13. The van der Waals surface area contributed by atoms with Crippen LogP contribution in [0.5, 0.6) is 0 Å². The first kappa shape index (κ1) is 15.4. The van der Waals surface area contributed by atoms with Crippen molar-refractivity contribution in [2.45, 2.75) is 13.0 Å². The summed E-state index contributed by atoms with van der Waals surface area (Å²) in [5.74, 6) is -0.348. The molecule has 2 aromatic rings. The number of methoxy groups -OCH3 is 1. The molecule has 0 aliphatic carbocycles. The van der Waals surface area contributed by atoms with Gasteiger partial charge in [0.25, 0.3) is 0 Å². The summed E-state index contributed by atoms with van der Waals surface area (Å²) in [6, 6.07) is 8.65. The molecule has 0 bridgehead atoms. The fourth-order valence-electron chi connectivity index (χ4n) is 1.72. The monoisotopic (exact) mass is 373 g/mol. The number of rotatable bonds is 4. The van der Waals surface area contributed by atoms with Crippen molar-refractivity contribution in [1.82, 2.24) is 0 Å². The number of carbonyl (C=O) groups excluding carboxylic acids is 1. The minimum Gasteiger partial charge on any atom is -0.467 e. The van der Waals surface area contributed by atoms with Crippen LogP contribution in [-0.4, -0.2) is 13.1 Å². The standard InChI is InChI=1S/C14H13BrClNO2S/c1-8-9(15)7-12(20-8)13(14(18)19-2)17-11-6-4-3-5-10(11)16/h3-7,13,17H,1-2H3. The maximum atomic E-state index is 12.0. The lowest BCUT2D eigenvalue weighted by molar-refractivity contribution is -0.141. The summed E-state index contributed by atoms with van der Waals surface area (Å²) in [4.78, 5) is 14.0. The van der Waals surface area contributed by atoms with Gasteiger partial charge in [-0.2, -0.15) is 0 Å². The Morgan fingerprint density at radius 3 is 2.70 bits per heavy atom. The highest BCUT2D eigenvalue weighted by molar-refractivity contribution is 9.10. The Hall–Kier alpha value is -1.04. The minimum atomic E-state index is -0.574. The Morgan fingerprint density at radius 2 is 2.15 bits per heavy atom. The summed E-state index contributed by atoms with van der Waals surface area (Å²) in [7, 11) is 1.37. The molecule has 1 heterocycles. The van der Waals surface area contributed by atoms with Gasteiger partial charge in [-0.15, -0.1) is 11.3 Å². The van der Waals surface area contributed by atoms with E-state index in [0.717, 1.165) is 14.2 Å². The summed E-state index contributed by atoms with van der Waals surface area (Å²) >= 11 is 11.1. The van der Waals surface area contributed by atoms with Crippen molar-refractivity contribution in [3.63, 3.8) is 0 Å². The molecule has 1 aromatic carbocycles. The van der Waals surface area contributed by atoms with E-state index in [-0.39, 0.29) is 5.97 Å². The molecule has 0 aliphatic rings. The second-order valence-corrected chi connectivity index (χ2v) is 6.68. The Balaban J connectivity index is 2.34. The first-order valence-electron chi connectivity index (χ1n) is 5.87. The van der Waals surface area contributed by atoms with Crippen LogP contribution in [0.25, 0.3) is 0 Å². The van der Waals surface area contributed by atoms with E-state index in [1.807, 2.05) is 31.2 Å². The fourth-order valence-corrected chi connectivity index (χ4v) is 3.51. The highest BCUT2D eigenvalue weighted by atomic mass is 79.9. The van der Waals surface area contributed by atoms with Crippen molar-refractivity contribution in [2.24, 2.45) is 0 Å². The Morgan fingerprint density at radius 1 is 1.45 bits per heavy atom. The van der Waals surface area contributed by atoms with Crippen molar-refractivity contribution in [2.75, 3.05) is 12.4 Å². The number of hydrogen-bond acceptors (Lipinski definition) is 4. The van der Waals surface area contributed by atoms with Gasteiger partial charge < -0.3 is 10.1 Å². The van der Waals surface area contributed by atoms with Gasteiger partial charge in [0, 0.05) is 14.2 Å². The van der Waals surface area contributed by atoms with Gasteiger partial charge in [0.15, 0.2) is 6.04 Å².